The molecule has 0 radical (unpaired) electrons. The van der Waals surface area contributed by atoms with Crippen LogP contribution in [0, 0.1) is 7.14 Å². The third-order valence-electron chi connectivity index (χ3n) is 1.97. The largest absolute Gasteiger partial charge is 0.394 e. The van der Waals surface area contributed by atoms with E-state index in [2.05, 4.69) is 44.0 Å². The van der Waals surface area contributed by atoms with Gasteiger partial charge in [-0.15, -0.1) is 0 Å². The maximum absolute atomic E-state index is 8.74. The van der Waals surface area contributed by atoms with E-state index < -0.39 is 10.4 Å². The Morgan fingerprint density at radius 1 is 0.864 bits per heavy atom. The number of rotatable bonds is 2. The molecule has 22 heavy (non-hydrogen) atoms. The normalized spacial score (nSPS) is 10.8. The van der Waals surface area contributed by atoms with Gasteiger partial charge in [-0.25, -0.2) is 0 Å². The first kappa shape index (κ1) is 20.6. The molecule has 2 aromatic rings. The molecule has 0 unspecified atom stereocenters. The zero-order valence-electron chi connectivity index (χ0n) is 10.5. The minimum Gasteiger partial charge on any atom is -0.264 e. The number of benzene rings is 2. The Morgan fingerprint density at radius 3 is 1.45 bits per heavy atom. The number of halogens is 5. The molecule has 0 aliphatic heterocycles. The second kappa shape index (κ2) is 9.16. The Labute approximate surface area is 165 Å². The smallest absolute Gasteiger partial charge is 0.264 e. The Kier molecular flexibility index (Phi) is 8.59. The van der Waals surface area contributed by atoms with E-state index in [1.165, 1.54) is 7.14 Å². The van der Waals surface area contributed by atoms with E-state index in [1.807, 2.05) is 24.3 Å². The first-order chi connectivity index (χ1) is 10.1. The quantitative estimate of drug-likeness (QED) is 0.312. The molecule has 0 heterocycles. The van der Waals surface area contributed by atoms with Gasteiger partial charge in [0, 0.05) is 10.0 Å². The Bertz CT molecular complexity index is 714. The van der Waals surface area contributed by atoms with Crippen molar-refractivity contribution < 1.29 is 38.7 Å². The fourth-order valence-corrected chi connectivity index (χ4v) is 5.75. The molecular formula is C12H8Br2Cl2IO4S+. The highest BCUT2D eigenvalue weighted by Gasteiger charge is 2.22. The van der Waals surface area contributed by atoms with Gasteiger partial charge < -0.3 is 0 Å². The summed E-state index contributed by atoms with van der Waals surface area (Å²) in [6.45, 7) is 0. The lowest BCUT2D eigenvalue weighted by molar-refractivity contribution is -0.599. The van der Waals surface area contributed by atoms with Gasteiger partial charge in [-0.05, 0) is 68.3 Å². The zero-order chi connectivity index (χ0) is 16.9. The SMILES string of the molecule is Clc1ccc([I+]c2ccc(Cl)cc2Br)c(Br)c1.O=S(=O)(O)O. The third kappa shape index (κ3) is 8.44. The molecule has 120 valence electrons. The van der Waals surface area contributed by atoms with Gasteiger partial charge in [-0.2, -0.15) is 8.42 Å². The molecule has 4 nitrogen and oxygen atoms in total. The molecule has 0 aromatic heterocycles. The summed E-state index contributed by atoms with van der Waals surface area (Å²) in [5.74, 6) is 0. The van der Waals surface area contributed by atoms with Gasteiger partial charge in [0.25, 0.3) is 0 Å². The maximum Gasteiger partial charge on any atom is 0.394 e. The molecule has 0 fully saturated rings. The minimum absolute atomic E-state index is 0.251. The monoisotopic (exact) mass is 603 g/mol. The third-order valence-corrected chi connectivity index (χ3v) is 8.28. The van der Waals surface area contributed by atoms with Crippen LogP contribution in [-0.4, -0.2) is 17.5 Å². The average molecular weight is 606 g/mol. The van der Waals surface area contributed by atoms with E-state index in [0.717, 1.165) is 19.0 Å². The molecule has 0 aliphatic rings. The molecule has 0 amide bonds. The molecule has 10 heteroatoms. The summed E-state index contributed by atoms with van der Waals surface area (Å²) < 4.78 is 36.3. The van der Waals surface area contributed by atoms with Gasteiger partial charge in [0.05, 0.1) is 8.95 Å². The van der Waals surface area contributed by atoms with E-state index in [9.17, 15) is 0 Å². The summed E-state index contributed by atoms with van der Waals surface area (Å²) in [6, 6.07) is 11.8. The van der Waals surface area contributed by atoms with E-state index in [-0.39, 0.29) is 21.2 Å². The lowest BCUT2D eigenvalue weighted by Gasteiger charge is -1.95. The van der Waals surface area contributed by atoms with Crippen molar-refractivity contribution in [1.82, 2.24) is 0 Å². The Morgan fingerprint density at radius 2 is 1.18 bits per heavy atom. The summed E-state index contributed by atoms with van der Waals surface area (Å²) in [5, 5.41) is 1.50. The van der Waals surface area contributed by atoms with Crippen molar-refractivity contribution in [3.05, 3.63) is 62.5 Å². The van der Waals surface area contributed by atoms with Crippen LogP contribution in [0.2, 0.25) is 10.0 Å². The van der Waals surface area contributed by atoms with Gasteiger partial charge in [-0.1, -0.05) is 23.2 Å². The van der Waals surface area contributed by atoms with Gasteiger partial charge in [0.1, 0.15) is 0 Å². The summed E-state index contributed by atoms with van der Waals surface area (Å²) in [5.41, 5.74) is 0. The summed E-state index contributed by atoms with van der Waals surface area (Å²) in [6.07, 6.45) is 0. The Balaban J connectivity index is 0.000000422. The second-order valence-electron chi connectivity index (χ2n) is 3.66. The lowest BCUT2D eigenvalue weighted by Crippen LogP contribution is -3.61. The molecule has 0 bridgehead atoms. The fraction of sp³-hybridized carbons (Fsp3) is 0. The molecule has 2 aromatic carbocycles. The molecular weight excluding hydrogens is 598 g/mol. The molecule has 0 spiro atoms. The van der Waals surface area contributed by atoms with Crippen molar-refractivity contribution in [2.24, 2.45) is 0 Å². The van der Waals surface area contributed by atoms with Gasteiger partial charge in [0.15, 0.2) is 0 Å². The van der Waals surface area contributed by atoms with Gasteiger partial charge in [-0.3, -0.25) is 9.11 Å². The molecule has 0 saturated carbocycles. The van der Waals surface area contributed by atoms with Crippen LogP contribution in [0.3, 0.4) is 0 Å². The van der Waals surface area contributed by atoms with E-state index >= 15 is 0 Å². The van der Waals surface area contributed by atoms with Crippen molar-refractivity contribution >= 4 is 65.5 Å². The van der Waals surface area contributed by atoms with Crippen molar-refractivity contribution in [3.8, 4) is 0 Å². The van der Waals surface area contributed by atoms with E-state index in [4.69, 9.17) is 40.7 Å². The number of hydrogen-bond donors (Lipinski definition) is 2. The van der Waals surface area contributed by atoms with Crippen molar-refractivity contribution in [2.75, 3.05) is 0 Å². The highest BCUT2D eigenvalue weighted by Crippen LogP contribution is 2.17. The second-order valence-corrected chi connectivity index (χ2v) is 10.0. The first-order valence-electron chi connectivity index (χ1n) is 5.31. The first-order valence-corrected chi connectivity index (χ1v) is 11.2. The van der Waals surface area contributed by atoms with Crippen LogP contribution in [-0.2, 0) is 10.4 Å². The lowest BCUT2D eigenvalue weighted by atomic mass is 10.4. The summed E-state index contributed by atoms with van der Waals surface area (Å²) in [4.78, 5) is 0. The molecule has 0 saturated heterocycles. The molecule has 2 rings (SSSR count). The average Bonchev–Trinajstić information content (AvgIpc) is 2.33. The molecule has 2 N–H and O–H groups in total. The fourth-order valence-electron chi connectivity index (χ4n) is 1.20. The Hall–Kier alpha value is 0.580. The standard InChI is InChI=1S/C12H6Br2Cl2I.H2O4S/c13-9-5-7(15)1-3-11(9)17-12-4-2-8(16)6-10(12)14;1-5(2,3)4/h1-6H;(H2,1,2,3,4)/q+1;. The van der Waals surface area contributed by atoms with Crippen molar-refractivity contribution in [1.29, 1.82) is 0 Å². The van der Waals surface area contributed by atoms with Gasteiger partial charge >= 0.3 is 31.6 Å². The van der Waals surface area contributed by atoms with Crippen molar-refractivity contribution in [2.45, 2.75) is 0 Å². The van der Waals surface area contributed by atoms with Crippen LogP contribution in [0.4, 0.5) is 0 Å². The maximum atomic E-state index is 8.74. The highest BCUT2D eigenvalue weighted by atomic mass is 127. The van der Waals surface area contributed by atoms with Crippen LogP contribution in [0.5, 0.6) is 0 Å². The van der Waals surface area contributed by atoms with Crippen LogP contribution in [0.15, 0.2) is 45.3 Å². The summed E-state index contributed by atoms with van der Waals surface area (Å²) >= 11 is 18.7. The van der Waals surface area contributed by atoms with Crippen LogP contribution < -0.4 is 21.2 Å². The highest BCUT2D eigenvalue weighted by molar-refractivity contribution is 9.10. The topological polar surface area (TPSA) is 74.6 Å². The summed E-state index contributed by atoms with van der Waals surface area (Å²) in [7, 11) is -4.67. The van der Waals surface area contributed by atoms with Crippen molar-refractivity contribution in [3.63, 3.8) is 0 Å². The van der Waals surface area contributed by atoms with Crippen LogP contribution >= 0.6 is 55.1 Å². The van der Waals surface area contributed by atoms with E-state index in [1.54, 1.807) is 0 Å². The minimum atomic E-state index is -4.67. The van der Waals surface area contributed by atoms with Gasteiger partial charge in [0.2, 0.25) is 7.14 Å². The molecule has 0 atom stereocenters. The zero-order valence-corrected chi connectivity index (χ0v) is 18.1. The van der Waals surface area contributed by atoms with E-state index in [0.29, 0.717) is 0 Å². The number of hydrogen-bond acceptors (Lipinski definition) is 2. The van der Waals surface area contributed by atoms with Crippen LogP contribution in [0.1, 0.15) is 0 Å². The molecule has 0 aliphatic carbocycles. The van der Waals surface area contributed by atoms with Crippen LogP contribution in [0.25, 0.3) is 0 Å². The predicted molar refractivity (Wildman–Crippen MR) is 89.9 cm³/mol. The predicted octanol–water partition coefficient (Wildman–Crippen LogP) is 1.99.